The van der Waals surface area contributed by atoms with E-state index in [4.69, 9.17) is 4.74 Å². The van der Waals surface area contributed by atoms with E-state index in [1.807, 2.05) is 66.4 Å². The molecule has 25 heavy (non-hydrogen) atoms. The fraction of sp³-hybridized carbons (Fsp3) is 0.238. The Morgan fingerprint density at radius 2 is 1.80 bits per heavy atom. The molecule has 0 saturated carbocycles. The third kappa shape index (κ3) is 4.15. The van der Waals surface area contributed by atoms with Gasteiger partial charge in [-0.2, -0.15) is 0 Å². The minimum absolute atomic E-state index is 0.0997. The van der Waals surface area contributed by atoms with E-state index in [0.29, 0.717) is 19.5 Å². The van der Waals surface area contributed by atoms with Crippen molar-refractivity contribution in [1.82, 2.24) is 9.88 Å². The van der Waals surface area contributed by atoms with Crippen LogP contribution in [0.15, 0.2) is 60.7 Å². The summed E-state index contributed by atoms with van der Waals surface area (Å²) in [5.41, 5.74) is 2.85. The van der Waals surface area contributed by atoms with E-state index in [0.717, 1.165) is 27.9 Å². The van der Waals surface area contributed by atoms with Crippen molar-refractivity contribution in [3.8, 4) is 5.75 Å². The fourth-order valence-corrected chi connectivity index (χ4v) is 2.80. The molecule has 0 radical (unpaired) electrons. The van der Waals surface area contributed by atoms with Gasteiger partial charge in [0.05, 0.1) is 31.3 Å². The highest BCUT2D eigenvalue weighted by Crippen LogP contribution is 2.15. The smallest absolute Gasteiger partial charge is 0.227 e. The molecule has 3 aromatic rings. The van der Waals surface area contributed by atoms with Crippen molar-refractivity contribution in [3.63, 3.8) is 0 Å². The van der Waals surface area contributed by atoms with Gasteiger partial charge in [-0.15, -0.1) is 0 Å². The second kappa shape index (κ2) is 7.79. The number of para-hydroxylation sites is 1. The number of nitrogens with zero attached hydrogens (tertiary/aromatic N) is 2. The Kier molecular flexibility index (Phi) is 5.29. The Morgan fingerprint density at radius 3 is 2.52 bits per heavy atom. The van der Waals surface area contributed by atoms with Crippen molar-refractivity contribution in [2.45, 2.75) is 19.9 Å². The number of methoxy groups -OCH3 is 1. The van der Waals surface area contributed by atoms with Crippen LogP contribution in [0.3, 0.4) is 0 Å². The van der Waals surface area contributed by atoms with Crippen LogP contribution in [0.2, 0.25) is 0 Å². The van der Waals surface area contributed by atoms with Crippen molar-refractivity contribution in [3.05, 3.63) is 71.9 Å². The number of hydrogen-bond donors (Lipinski definition) is 0. The highest BCUT2D eigenvalue weighted by molar-refractivity contribution is 5.80. The van der Waals surface area contributed by atoms with Crippen LogP contribution in [0.5, 0.6) is 5.75 Å². The first-order valence-corrected chi connectivity index (χ1v) is 8.45. The molecule has 0 spiro atoms. The number of ether oxygens (including phenoxy) is 1. The second-order valence-electron chi connectivity index (χ2n) is 5.93. The van der Waals surface area contributed by atoms with Gasteiger partial charge in [0, 0.05) is 11.9 Å². The first-order chi connectivity index (χ1) is 12.2. The molecular formula is C21H22N2O2. The lowest BCUT2D eigenvalue weighted by Gasteiger charge is -2.21. The maximum atomic E-state index is 12.6. The molecule has 2 aromatic carbocycles. The molecule has 0 aliphatic rings. The van der Waals surface area contributed by atoms with Crippen LogP contribution in [-0.4, -0.2) is 29.4 Å². The zero-order valence-electron chi connectivity index (χ0n) is 14.6. The molecule has 3 rings (SSSR count). The molecule has 4 nitrogen and oxygen atoms in total. The number of likely N-dealkylation sites (N-methyl/N-ethyl adjacent to an activating group) is 1. The Labute approximate surface area is 148 Å². The van der Waals surface area contributed by atoms with Crippen LogP contribution in [-0.2, 0) is 17.8 Å². The highest BCUT2D eigenvalue weighted by atomic mass is 16.5. The van der Waals surface area contributed by atoms with Gasteiger partial charge >= 0.3 is 0 Å². The number of hydrogen-bond acceptors (Lipinski definition) is 3. The molecule has 0 unspecified atom stereocenters. The molecule has 0 bridgehead atoms. The lowest BCUT2D eigenvalue weighted by molar-refractivity contribution is -0.130. The number of carbonyl (C=O) groups excluding carboxylic acids is 1. The molecule has 0 fully saturated rings. The summed E-state index contributed by atoms with van der Waals surface area (Å²) < 4.78 is 5.15. The van der Waals surface area contributed by atoms with Gasteiger partial charge in [0.2, 0.25) is 5.91 Å². The standard InChI is InChI=1S/C21H22N2O2/c1-3-23(21(24)14-16-8-12-19(25-2)13-9-16)15-18-11-10-17-6-4-5-7-20(17)22-18/h4-13H,3,14-15H2,1-2H3. The average Bonchev–Trinajstić information content (AvgIpc) is 2.66. The molecule has 0 aliphatic carbocycles. The molecule has 0 saturated heterocycles. The molecule has 1 aromatic heterocycles. The topological polar surface area (TPSA) is 42.4 Å². The van der Waals surface area contributed by atoms with Crippen molar-refractivity contribution in [2.75, 3.05) is 13.7 Å². The number of aromatic nitrogens is 1. The quantitative estimate of drug-likeness (QED) is 0.688. The minimum Gasteiger partial charge on any atom is -0.497 e. The van der Waals surface area contributed by atoms with Crippen molar-refractivity contribution in [1.29, 1.82) is 0 Å². The number of rotatable bonds is 6. The van der Waals surface area contributed by atoms with Crippen LogP contribution in [0.25, 0.3) is 10.9 Å². The summed E-state index contributed by atoms with van der Waals surface area (Å²) in [5, 5.41) is 1.11. The molecule has 128 valence electrons. The second-order valence-corrected chi connectivity index (χ2v) is 5.93. The first-order valence-electron chi connectivity index (χ1n) is 8.45. The molecule has 4 heteroatoms. The SMILES string of the molecule is CCN(Cc1ccc2ccccc2n1)C(=O)Cc1ccc(OC)cc1. The molecular weight excluding hydrogens is 312 g/mol. The van der Waals surface area contributed by atoms with Crippen LogP contribution in [0.1, 0.15) is 18.2 Å². The predicted molar refractivity (Wildman–Crippen MR) is 99.5 cm³/mol. The summed E-state index contributed by atoms with van der Waals surface area (Å²) in [4.78, 5) is 19.1. The van der Waals surface area contributed by atoms with E-state index in [2.05, 4.69) is 11.1 Å². The molecule has 1 amide bonds. The Hall–Kier alpha value is -2.88. The Bertz CT molecular complexity index is 859. The van der Waals surface area contributed by atoms with Crippen LogP contribution in [0.4, 0.5) is 0 Å². The van der Waals surface area contributed by atoms with Gasteiger partial charge < -0.3 is 9.64 Å². The summed E-state index contributed by atoms with van der Waals surface area (Å²) in [6.45, 7) is 3.17. The largest absolute Gasteiger partial charge is 0.497 e. The van der Waals surface area contributed by atoms with Gasteiger partial charge in [0.25, 0.3) is 0 Å². The van der Waals surface area contributed by atoms with Gasteiger partial charge in [0.1, 0.15) is 5.75 Å². The Morgan fingerprint density at radius 1 is 1.04 bits per heavy atom. The minimum atomic E-state index is 0.0997. The Balaban J connectivity index is 1.70. The van der Waals surface area contributed by atoms with Crippen molar-refractivity contribution >= 4 is 16.8 Å². The van der Waals surface area contributed by atoms with Crippen LogP contribution < -0.4 is 4.74 Å². The van der Waals surface area contributed by atoms with Gasteiger partial charge in [0.15, 0.2) is 0 Å². The predicted octanol–water partition coefficient (Wildman–Crippen LogP) is 3.83. The number of pyridine rings is 1. The zero-order chi connectivity index (χ0) is 17.6. The lowest BCUT2D eigenvalue weighted by Crippen LogP contribution is -2.31. The molecule has 0 aliphatic heterocycles. The number of amides is 1. The van der Waals surface area contributed by atoms with Gasteiger partial charge in [-0.25, -0.2) is 0 Å². The number of benzene rings is 2. The van der Waals surface area contributed by atoms with Crippen LogP contribution in [0, 0.1) is 0 Å². The van der Waals surface area contributed by atoms with E-state index >= 15 is 0 Å². The van der Waals surface area contributed by atoms with E-state index in [1.165, 1.54) is 0 Å². The summed E-state index contributed by atoms with van der Waals surface area (Å²) in [5.74, 6) is 0.895. The molecule has 0 N–H and O–H groups in total. The average molecular weight is 334 g/mol. The van der Waals surface area contributed by atoms with Crippen molar-refractivity contribution < 1.29 is 9.53 Å². The van der Waals surface area contributed by atoms with Crippen molar-refractivity contribution in [2.24, 2.45) is 0 Å². The van der Waals surface area contributed by atoms with E-state index < -0.39 is 0 Å². The third-order valence-corrected chi connectivity index (χ3v) is 4.26. The highest BCUT2D eigenvalue weighted by Gasteiger charge is 2.14. The monoisotopic (exact) mass is 334 g/mol. The van der Waals surface area contributed by atoms with Gasteiger partial charge in [-0.1, -0.05) is 36.4 Å². The molecule has 0 atom stereocenters. The molecule has 1 heterocycles. The first kappa shape index (κ1) is 17.0. The van der Waals surface area contributed by atoms with E-state index in [1.54, 1.807) is 7.11 Å². The van der Waals surface area contributed by atoms with Gasteiger partial charge in [-0.05, 0) is 36.8 Å². The third-order valence-electron chi connectivity index (χ3n) is 4.26. The van der Waals surface area contributed by atoms with Gasteiger partial charge in [-0.3, -0.25) is 9.78 Å². The normalized spacial score (nSPS) is 10.6. The van der Waals surface area contributed by atoms with Crippen LogP contribution >= 0.6 is 0 Å². The maximum Gasteiger partial charge on any atom is 0.227 e. The summed E-state index contributed by atoms with van der Waals surface area (Å²) in [6.07, 6.45) is 0.380. The maximum absolute atomic E-state index is 12.6. The summed E-state index contributed by atoms with van der Waals surface area (Å²) >= 11 is 0. The fourth-order valence-electron chi connectivity index (χ4n) is 2.80. The summed E-state index contributed by atoms with van der Waals surface area (Å²) in [6, 6.07) is 19.7. The summed E-state index contributed by atoms with van der Waals surface area (Å²) in [7, 11) is 1.63. The van der Waals surface area contributed by atoms with E-state index in [-0.39, 0.29) is 5.91 Å². The number of carbonyl (C=O) groups is 1. The zero-order valence-corrected chi connectivity index (χ0v) is 14.6. The lowest BCUT2D eigenvalue weighted by atomic mass is 10.1. The van der Waals surface area contributed by atoms with E-state index in [9.17, 15) is 4.79 Å². The number of fused-ring (bicyclic) bond motifs is 1.